The number of ketones is 1. The van der Waals surface area contributed by atoms with Crippen LogP contribution in [0.15, 0.2) is 48.5 Å². The molecule has 2 aliphatic carbocycles. The van der Waals surface area contributed by atoms with Crippen LogP contribution in [0.2, 0.25) is 0 Å². The number of fused-ring (bicyclic) bond motifs is 8. The highest BCUT2D eigenvalue weighted by atomic mass is 16.5. The number of rotatable bonds is 8. The molecule has 2 aromatic heterocycles. The first-order chi connectivity index (χ1) is 26.3. The first kappa shape index (κ1) is 34.5. The summed E-state index contributed by atoms with van der Waals surface area (Å²) in [6.45, 7) is 6.17. The first-order valence-corrected chi connectivity index (χ1v) is 20.7. The molecule has 0 radical (unpaired) electrons. The fourth-order valence-corrected chi connectivity index (χ4v) is 13.9. The van der Waals surface area contributed by atoms with Crippen LogP contribution in [0, 0.1) is 23.7 Å². The molecule has 2 N–H and O–H groups in total. The number of para-hydroxylation sites is 2. The Balaban J connectivity index is 0.973. The standard InChI is InChI=1S/C45H54N4O5/c1-5-25-19-27-23-44(42(51)53-3)38-32(30-11-7-9-13-34(30)46-38)15-17-48(40(25)44)36(27)21-29(50)22-37-28-20-26(6-2)41-45(24-28,43(52)54-4)39-33(16-18-49(37)41)31-12-8-10-14-35(31)47-39/h7-14,25-28,36-37,40-41,46-47H,5-6,15-24H2,1-4H3. The summed E-state index contributed by atoms with van der Waals surface area (Å²) < 4.78 is 11.4. The quantitative estimate of drug-likeness (QED) is 0.197. The molecule has 12 unspecified atom stereocenters. The molecule has 284 valence electrons. The fraction of sp³-hybridized carbons (Fsp3) is 0.578. The van der Waals surface area contributed by atoms with Crippen LogP contribution in [0.4, 0.5) is 0 Å². The van der Waals surface area contributed by atoms with Gasteiger partial charge in [-0.15, -0.1) is 0 Å². The molecule has 0 amide bonds. The number of nitrogens with zero attached hydrogens (tertiary/aromatic N) is 2. The van der Waals surface area contributed by atoms with Crippen molar-refractivity contribution in [3.8, 4) is 0 Å². The number of methoxy groups -OCH3 is 2. The van der Waals surface area contributed by atoms with E-state index in [1.165, 1.54) is 36.1 Å². The number of carbonyl (C=O) groups is 3. The number of Topliss-reactive ketones (excluding diaryl/α,β-unsaturated/α-hetero) is 1. The summed E-state index contributed by atoms with van der Waals surface area (Å²) in [5.41, 5.74) is 5.19. The minimum Gasteiger partial charge on any atom is -0.468 e. The lowest BCUT2D eigenvalue weighted by Gasteiger charge is -2.62. The molecule has 12 rings (SSSR count). The molecular formula is C45H54N4O5. The van der Waals surface area contributed by atoms with E-state index in [1.807, 2.05) is 0 Å². The number of H-pyrrole nitrogens is 2. The molecule has 4 aromatic rings. The molecule has 2 saturated carbocycles. The van der Waals surface area contributed by atoms with Crippen molar-refractivity contribution in [3.05, 3.63) is 71.0 Å². The Bertz CT molecular complexity index is 2020. The Hall–Kier alpha value is -3.95. The first-order valence-electron chi connectivity index (χ1n) is 20.7. The van der Waals surface area contributed by atoms with Crippen molar-refractivity contribution < 1.29 is 23.9 Å². The second kappa shape index (κ2) is 12.5. The minimum atomic E-state index is -0.774. The smallest absolute Gasteiger partial charge is 0.319 e. The number of aromatic amines is 2. The number of hydrogen-bond donors (Lipinski definition) is 2. The number of hydrogen-bond acceptors (Lipinski definition) is 7. The average molecular weight is 731 g/mol. The van der Waals surface area contributed by atoms with Crippen LogP contribution >= 0.6 is 0 Å². The normalized spacial score (nSPS) is 37.3. The van der Waals surface area contributed by atoms with E-state index in [2.05, 4.69) is 82.1 Å². The fourth-order valence-electron chi connectivity index (χ4n) is 13.9. The molecule has 6 fully saturated rings. The maximum absolute atomic E-state index is 14.7. The second-order valence-electron chi connectivity index (χ2n) is 17.7. The maximum atomic E-state index is 14.7. The van der Waals surface area contributed by atoms with Crippen molar-refractivity contribution in [1.82, 2.24) is 19.8 Å². The zero-order valence-electron chi connectivity index (χ0n) is 32.2. The third-order valence-electron chi connectivity index (χ3n) is 15.7. The number of aromatic nitrogens is 2. The van der Waals surface area contributed by atoms with Gasteiger partial charge in [0.15, 0.2) is 0 Å². The van der Waals surface area contributed by atoms with Crippen molar-refractivity contribution in [3.63, 3.8) is 0 Å². The van der Waals surface area contributed by atoms with Gasteiger partial charge in [-0.05, 0) is 85.5 Å². The van der Waals surface area contributed by atoms with Crippen LogP contribution in [0.3, 0.4) is 0 Å². The number of ether oxygens (including phenoxy) is 2. The number of esters is 2. The van der Waals surface area contributed by atoms with Gasteiger partial charge >= 0.3 is 11.9 Å². The monoisotopic (exact) mass is 730 g/mol. The summed E-state index contributed by atoms with van der Waals surface area (Å²) in [5.74, 6) is 1.17. The third-order valence-corrected chi connectivity index (χ3v) is 15.7. The van der Waals surface area contributed by atoms with E-state index in [0.717, 1.165) is 74.0 Å². The zero-order chi connectivity index (χ0) is 37.1. The lowest BCUT2D eigenvalue weighted by atomic mass is 9.53. The number of piperidine rings is 4. The van der Waals surface area contributed by atoms with E-state index in [9.17, 15) is 14.4 Å². The van der Waals surface area contributed by atoms with Crippen molar-refractivity contribution in [2.24, 2.45) is 23.7 Å². The van der Waals surface area contributed by atoms with Crippen molar-refractivity contribution in [2.75, 3.05) is 27.3 Å². The maximum Gasteiger partial charge on any atom is 0.319 e. The molecule has 0 spiro atoms. The van der Waals surface area contributed by atoms with Crippen molar-refractivity contribution in [2.45, 2.75) is 113 Å². The number of benzene rings is 2. The van der Waals surface area contributed by atoms with Gasteiger partial charge in [-0.1, -0.05) is 63.1 Å². The van der Waals surface area contributed by atoms with Crippen LogP contribution in [0.25, 0.3) is 21.8 Å². The van der Waals surface area contributed by atoms with Gasteiger partial charge in [-0.2, -0.15) is 0 Å². The number of carbonyl (C=O) groups excluding carboxylic acids is 3. The molecule has 9 nitrogen and oxygen atoms in total. The summed E-state index contributed by atoms with van der Waals surface area (Å²) in [6, 6.07) is 17.0. The Morgan fingerprint density at radius 1 is 0.685 bits per heavy atom. The van der Waals surface area contributed by atoms with Gasteiger partial charge < -0.3 is 19.4 Å². The Labute approximate surface area is 317 Å². The summed E-state index contributed by atoms with van der Waals surface area (Å²) in [6.07, 6.45) is 8.17. The average Bonchev–Trinajstić information content (AvgIpc) is 3.71. The summed E-state index contributed by atoms with van der Waals surface area (Å²) >= 11 is 0. The van der Waals surface area contributed by atoms with Crippen LogP contribution in [-0.2, 0) is 47.5 Å². The molecule has 2 aromatic carbocycles. The second-order valence-corrected chi connectivity index (χ2v) is 17.7. The van der Waals surface area contributed by atoms with Crippen LogP contribution in [0.1, 0.15) is 87.7 Å². The molecule has 8 heterocycles. The largest absolute Gasteiger partial charge is 0.468 e. The van der Waals surface area contributed by atoms with E-state index in [0.29, 0.717) is 43.3 Å². The van der Waals surface area contributed by atoms with E-state index in [1.54, 1.807) is 0 Å². The Morgan fingerprint density at radius 2 is 1.11 bits per heavy atom. The molecule has 6 aliphatic heterocycles. The predicted octanol–water partition coefficient (Wildman–Crippen LogP) is 6.61. The lowest BCUT2D eigenvalue weighted by Crippen LogP contribution is -2.71. The molecular weight excluding hydrogens is 677 g/mol. The van der Waals surface area contributed by atoms with Gasteiger partial charge in [0.1, 0.15) is 16.6 Å². The minimum absolute atomic E-state index is 0.0156. The summed E-state index contributed by atoms with van der Waals surface area (Å²) in [5, 5.41) is 2.39. The highest BCUT2D eigenvalue weighted by molar-refractivity contribution is 5.93. The molecule has 54 heavy (non-hydrogen) atoms. The molecule has 9 heteroatoms. The third kappa shape index (κ3) is 4.48. The molecule has 4 saturated heterocycles. The Kier molecular flexibility index (Phi) is 8.02. The van der Waals surface area contributed by atoms with E-state index in [4.69, 9.17) is 9.47 Å². The molecule has 12 atom stereocenters. The molecule has 8 aliphatic rings. The summed E-state index contributed by atoms with van der Waals surface area (Å²) in [7, 11) is 3.08. The van der Waals surface area contributed by atoms with Gasteiger partial charge in [0.2, 0.25) is 0 Å². The van der Waals surface area contributed by atoms with Gasteiger partial charge in [0.25, 0.3) is 0 Å². The van der Waals surface area contributed by atoms with E-state index < -0.39 is 10.8 Å². The predicted molar refractivity (Wildman–Crippen MR) is 207 cm³/mol. The number of nitrogens with one attached hydrogen (secondary N) is 2. The Morgan fingerprint density at radius 3 is 1.52 bits per heavy atom. The van der Waals surface area contributed by atoms with Gasteiger partial charge in [-0.25, -0.2) is 0 Å². The van der Waals surface area contributed by atoms with Crippen LogP contribution < -0.4 is 0 Å². The van der Waals surface area contributed by atoms with Crippen molar-refractivity contribution in [1.29, 1.82) is 0 Å². The summed E-state index contributed by atoms with van der Waals surface area (Å²) in [4.78, 5) is 55.9. The molecule has 8 bridgehead atoms. The zero-order valence-corrected chi connectivity index (χ0v) is 32.2. The highest BCUT2D eigenvalue weighted by Crippen LogP contribution is 2.60. The highest BCUT2D eigenvalue weighted by Gasteiger charge is 2.67. The van der Waals surface area contributed by atoms with Gasteiger partial charge in [-0.3, -0.25) is 24.2 Å². The van der Waals surface area contributed by atoms with Crippen LogP contribution in [0.5, 0.6) is 0 Å². The van der Waals surface area contributed by atoms with Gasteiger partial charge in [0.05, 0.1) is 14.2 Å². The van der Waals surface area contributed by atoms with Gasteiger partial charge in [0, 0.05) is 83.3 Å². The van der Waals surface area contributed by atoms with E-state index in [-0.39, 0.29) is 47.9 Å². The topological polar surface area (TPSA) is 108 Å². The van der Waals surface area contributed by atoms with Crippen molar-refractivity contribution >= 4 is 39.5 Å². The van der Waals surface area contributed by atoms with Crippen LogP contribution in [-0.4, -0.2) is 89.0 Å². The SMILES string of the molecule is CCC1CC2CC3(C(=O)OC)c4[nH]c5ccccc5c4CCN(C2CC(=O)CC2C4CC(CC)C5N2CCc2c([nH]c6ccccc26)C5(C(=O)OC)C4)C13. The van der Waals surface area contributed by atoms with E-state index >= 15 is 0 Å². The lowest BCUT2D eigenvalue weighted by molar-refractivity contribution is -0.170.